The van der Waals surface area contributed by atoms with E-state index in [0.717, 1.165) is 5.56 Å². The predicted molar refractivity (Wildman–Crippen MR) is 88.5 cm³/mol. The first kappa shape index (κ1) is 16.1. The molecule has 2 amide bonds. The van der Waals surface area contributed by atoms with Gasteiger partial charge in [0, 0.05) is 31.1 Å². The van der Waals surface area contributed by atoms with Crippen molar-refractivity contribution in [1.82, 2.24) is 14.9 Å². The van der Waals surface area contributed by atoms with E-state index in [1.807, 2.05) is 12.1 Å². The number of carbonyl (C=O) groups excluding carboxylic acids is 2. The summed E-state index contributed by atoms with van der Waals surface area (Å²) in [7, 11) is 0. The molecule has 1 aliphatic heterocycles. The Hall–Kier alpha value is -2.80. The molecule has 1 saturated heterocycles. The normalized spacial score (nSPS) is 14.3. The molecule has 0 bridgehead atoms. The van der Waals surface area contributed by atoms with Gasteiger partial charge in [0.05, 0.1) is 31.3 Å². The number of hydrogen-bond donors (Lipinski definition) is 1. The highest BCUT2D eigenvalue weighted by molar-refractivity contribution is 5.95. The minimum atomic E-state index is -0.199. The molecule has 2 aromatic rings. The lowest BCUT2D eigenvalue weighted by Crippen LogP contribution is -2.40. The number of benzene rings is 1. The van der Waals surface area contributed by atoms with Gasteiger partial charge in [-0.2, -0.15) is 0 Å². The van der Waals surface area contributed by atoms with Crippen molar-refractivity contribution in [2.45, 2.75) is 6.92 Å². The Balaban J connectivity index is 1.79. The van der Waals surface area contributed by atoms with E-state index in [1.165, 1.54) is 13.1 Å². The highest BCUT2D eigenvalue weighted by atomic mass is 16.5. The summed E-state index contributed by atoms with van der Waals surface area (Å²) in [6.07, 6.45) is 3.07. The van der Waals surface area contributed by atoms with Crippen molar-refractivity contribution in [1.29, 1.82) is 0 Å². The Morgan fingerprint density at radius 1 is 1.17 bits per heavy atom. The lowest BCUT2D eigenvalue weighted by Gasteiger charge is -2.27. The average molecular weight is 326 g/mol. The minimum Gasteiger partial charge on any atom is -0.378 e. The molecule has 7 nitrogen and oxygen atoms in total. The second kappa shape index (κ2) is 7.18. The van der Waals surface area contributed by atoms with Crippen molar-refractivity contribution >= 4 is 17.6 Å². The topological polar surface area (TPSA) is 84.4 Å². The lowest BCUT2D eigenvalue weighted by atomic mass is 10.1. The van der Waals surface area contributed by atoms with Crippen LogP contribution in [-0.2, 0) is 9.53 Å². The third-order valence-electron chi connectivity index (χ3n) is 3.66. The molecule has 1 aromatic heterocycles. The van der Waals surface area contributed by atoms with E-state index in [-0.39, 0.29) is 11.8 Å². The molecule has 7 heteroatoms. The number of nitrogens with zero attached hydrogens (tertiary/aromatic N) is 3. The van der Waals surface area contributed by atoms with Gasteiger partial charge in [0.1, 0.15) is 0 Å². The zero-order chi connectivity index (χ0) is 16.9. The number of aromatic nitrogens is 2. The van der Waals surface area contributed by atoms with Crippen LogP contribution in [0.25, 0.3) is 11.3 Å². The van der Waals surface area contributed by atoms with Crippen molar-refractivity contribution in [3.05, 3.63) is 42.2 Å². The highest BCUT2D eigenvalue weighted by Crippen LogP contribution is 2.19. The van der Waals surface area contributed by atoms with Crippen molar-refractivity contribution in [3.8, 4) is 11.3 Å². The zero-order valence-electron chi connectivity index (χ0n) is 13.4. The van der Waals surface area contributed by atoms with Gasteiger partial charge < -0.3 is 15.0 Å². The van der Waals surface area contributed by atoms with E-state index in [1.54, 1.807) is 23.2 Å². The summed E-state index contributed by atoms with van der Waals surface area (Å²) in [5.41, 5.74) is 2.05. The Morgan fingerprint density at radius 3 is 2.62 bits per heavy atom. The van der Waals surface area contributed by atoms with E-state index in [4.69, 9.17) is 4.74 Å². The van der Waals surface area contributed by atoms with Gasteiger partial charge in [0.2, 0.25) is 5.91 Å². The van der Waals surface area contributed by atoms with Gasteiger partial charge in [-0.25, -0.2) is 4.98 Å². The Kier molecular flexibility index (Phi) is 4.81. The number of rotatable bonds is 3. The summed E-state index contributed by atoms with van der Waals surface area (Å²) in [5.74, 6) is 0.185. The summed E-state index contributed by atoms with van der Waals surface area (Å²) in [5, 5.41) is 2.57. The van der Waals surface area contributed by atoms with Gasteiger partial charge in [-0.3, -0.25) is 14.6 Å². The maximum atomic E-state index is 12.5. The van der Waals surface area contributed by atoms with Gasteiger partial charge >= 0.3 is 0 Å². The van der Waals surface area contributed by atoms with Crippen LogP contribution in [0.3, 0.4) is 0 Å². The summed E-state index contributed by atoms with van der Waals surface area (Å²) in [6.45, 7) is 3.77. The minimum absolute atomic E-state index is 0.0111. The molecule has 0 unspecified atom stereocenters. The third-order valence-corrected chi connectivity index (χ3v) is 3.66. The quantitative estimate of drug-likeness (QED) is 0.925. The largest absolute Gasteiger partial charge is 0.378 e. The molecule has 0 aliphatic carbocycles. The number of nitrogens with one attached hydrogen (secondary N) is 1. The summed E-state index contributed by atoms with van der Waals surface area (Å²) < 4.78 is 5.28. The number of ether oxygens (including phenoxy) is 1. The zero-order valence-corrected chi connectivity index (χ0v) is 13.4. The number of amides is 2. The third kappa shape index (κ3) is 3.75. The average Bonchev–Trinajstić information content (AvgIpc) is 2.62. The molecular weight excluding hydrogens is 308 g/mol. The van der Waals surface area contributed by atoms with Crippen LogP contribution < -0.4 is 5.32 Å². The molecule has 0 radical (unpaired) electrons. The van der Waals surface area contributed by atoms with Crippen molar-refractivity contribution < 1.29 is 14.3 Å². The monoisotopic (exact) mass is 326 g/mol. The SMILES string of the molecule is CC(=O)Nc1cnc(-c2cccc(C(=O)N3CCOCC3)c2)cn1. The fraction of sp³-hybridized carbons (Fsp3) is 0.294. The van der Waals surface area contributed by atoms with Crippen LogP contribution >= 0.6 is 0 Å². The van der Waals surface area contributed by atoms with E-state index in [2.05, 4.69) is 15.3 Å². The van der Waals surface area contributed by atoms with E-state index in [0.29, 0.717) is 43.4 Å². The Bertz CT molecular complexity index is 740. The Morgan fingerprint density at radius 2 is 1.96 bits per heavy atom. The molecule has 1 aromatic carbocycles. The van der Waals surface area contributed by atoms with Crippen LogP contribution in [0.5, 0.6) is 0 Å². The summed E-state index contributed by atoms with van der Waals surface area (Å²) in [4.78, 5) is 33.8. The molecule has 0 atom stereocenters. The van der Waals surface area contributed by atoms with E-state index < -0.39 is 0 Å². The van der Waals surface area contributed by atoms with Gasteiger partial charge in [0.25, 0.3) is 5.91 Å². The van der Waals surface area contributed by atoms with E-state index >= 15 is 0 Å². The van der Waals surface area contributed by atoms with Gasteiger partial charge in [0.15, 0.2) is 5.82 Å². The highest BCUT2D eigenvalue weighted by Gasteiger charge is 2.18. The molecule has 3 rings (SSSR count). The number of carbonyl (C=O) groups is 2. The molecular formula is C17H18N4O3. The second-order valence-corrected chi connectivity index (χ2v) is 5.45. The van der Waals surface area contributed by atoms with Crippen LogP contribution in [0.4, 0.5) is 5.82 Å². The van der Waals surface area contributed by atoms with Gasteiger partial charge in [-0.05, 0) is 12.1 Å². The second-order valence-electron chi connectivity index (χ2n) is 5.45. The first-order chi connectivity index (χ1) is 11.6. The van der Waals surface area contributed by atoms with Crippen molar-refractivity contribution in [2.75, 3.05) is 31.6 Å². The molecule has 2 heterocycles. The first-order valence-corrected chi connectivity index (χ1v) is 7.70. The maximum absolute atomic E-state index is 12.5. The molecule has 0 saturated carbocycles. The summed E-state index contributed by atoms with van der Waals surface area (Å²) >= 11 is 0. The molecule has 0 spiro atoms. The number of anilines is 1. The van der Waals surface area contributed by atoms with Crippen LogP contribution in [0.2, 0.25) is 0 Å². The first-order valence-electron chi connectivity index (χ1n) is 7.70. The van der Waals surface area contributed by atoms with E-state index in [9.17, 15) is 9.59 Å². The lowest BCUT2D eigenvalue weighted by molar-refractivity contribution is -0.114. The summed E-state index contributed by atoms with van der Waals surface area (Å²) in [6, 6.07) is 7.30. The molecule has 1 N–H and O–H groups in total. The fourth-order valence-electron chi connectivity index (χ4n) is 2.48. The van der Waals surface area contributed by atoms with Crippen LogP contribution in [0, 0.1) is 0 Å². The number of hydrogen-bond acceptors (Lipinski definition) is 5. The number of morpholine rings is 1. The van der Waals surface area contributed by atoms with Gasteiger partial charge in [-0.1, -0.05) is 12.1 Å². The standard InChI is InChI=1S/C17H18N4O3/c1-12(22)20-16-11-18-15(10-19-16)13-3-2-4-14(9-13)17(23)21-5-7-24-8-6-21/h2-4,9-11H,5-8H2,1H3,(H,19,20,22). The van der Waals surface area contributed by atoms with Crippen molar-refractivity contribution in [2.24, 2.45) is 0 Å². The van der Waals surface area contributed by atoms with Crippen molar-refractivity contribution in [3.63, 3.8) is 0 Å². The Labute approximate surface area is 139 Å². The maximum Gasteiger partial charge on any atom is 0.254 e. The van der Waals surface area contributed by atoms with Gasteiger partial charge in [-0.15, -0.1) is 0 Å². The molecule has 124 valence electrons. The molecule has 1 aliphatic rings. The fourth-order valence-corrected chi connectivity index (χ4v) is 2.48. The van der Waals surface area contributed by atoms with Crippen LogP contribution in [0.15, 0.2) is 36.7 Å². The predicted octanol–water partition coefficient (Wildman–Crippen LogP) is 1.57. The molecule has 1 fully saturated rings. The van der Waals surface area contributed by atoms with Crippen LogP contribution in [0.1, 0.15) is 17.3 Å². The molecule has 24 heavy (non-hydrogen) atoms. The smallest absolute Gasteiger partial charge is 0.254 e. The van der Waals surface area contributed by atoms with Crippen LogP contribution in [-0.4, -0.2) is 53.0 Å².